The molecule has 0 amide bonds. The summed E-state index contributed by atoms with van der Waals surface area (Å²) < 4.78 is 20.3. The van der Waals surface area contributed by atoms with Gasteiger partial charge in [0.1, 0.15) is 29.4 Å². The molecular weight excluding hydrogens is 483 g/mol. The average Bonchev–Trinajstić information content (AvgIpc) is 3.51. The predicted octanol–water partition coefficient (Wildman–Crippen LogP) is 4.89. The van der Waals surface area contributed by atoms with Gasteiger partial charge in [-0.15, -0.1) is 0 Å². The lowest BCUT2D eigenvalue weighted by Crippen LogP contribution is -2.19. The van der Waals surface area contributed by atoms with Crippen LogP contribution in [0.4, 0.5) is 10.1 Å². The third kappa shape index (κ3) is 4.53. The Balaban J connectivity index is 1.40. The molecule has 190 valence electrons. The lowest BCUT2D eigenvalue weighted by molar-refractivity contribution is 0.260. The van der Waals surface area contributed by atoms with E-state index in [1.165, 1.54) is 12.1 Å². The van der Waals surface area contributed by atoms with Crippen molar-refractivity contribution in [3.05, 3.63) is 72.9 Å². The number of aromatic amines is 2. The lowest BCUT2D eigenvalue weighted by atomic mass is 10.0. The Morgan fingerprint density at radius 3 is 2.68 bits per heavy atom. The second kappa shape index (κ2) is 9.56. The molecule has 0 saturated heterocycles. The number of nitrogens with one attached hydrogen (secondary N) is 2. The number of nitrogen functional groups attached to an aromatic ring is 1. The summed E-state index contributed by atoms with van der Waals surface area (Å²) in [7, 11) is 3.91. The number of H-pyrrole nitrogens is 2. The highest BCUT2D eigenvalue weighted by molar-refractivity contribution is 5.97. The minimum absolute atomic E-state index is 0.404. The number of nitrogens with zero attached hydrogens (tertiary/aromatic N) is 5. The zero-order valence-corrected chi connectivity index (χ0v) is 20.9. The van der Waals surface area contributed by atoms with E-state index in [0.29, 0.717) is 46.3 Å². The van der Waals surface area contributed by atoms with Crippen LogP contribution in [0.15, 0.2) is 67.1 Å². The van der Waals surface area contributed by atoms with E-state index in [0.717, 1.165) is 34.1 Å². The number of imidazole rings is 1. The molecule has 0 bridgehead atoms. The van der Waals surface area contributed by atoms with Crippen molar-refractivity contribution >= 4 is 27.6 Å². The molecule has 2 aromatic carbocycles. The quantitative estimate of drug-likeness (QED) is 0.281. The molecule has 6 aromatic rings. The standard InChI is InChI=1S/C28H25FN8O/c1-37(2)7-8-38-21-11-17(9-19(29)13-21)25-27-24(5-6-32-25)33-28(34-27)26-22-12-16(3-4-23(22)35-36-26)18-10-20(30)15-31-14-18/h3-6,9-15H,7-8,30H2,1-2H3,(H,33,34)(H,35,36). The van der Waals surface area contributed by atoms with Crippen LogP contribution >= 0.6 is 0 Å². The number of halogens is 1. The van der Waals surface area contributed by atoms with Crippen LogP contribution in [0.25, 0.3) is 55.8 Å². The van der Waals surface area contributed by atoms with E-state index >= 15 is 0 Å². The van der Waals surface area contributed by atoms with E-state index in [9.17, 15) is 4.39 Å². The van der Waals surface area contributed by atoms with E-state index in [2.05, 4.69) is 25.1 Å². The Morgan fingerprint density at radius 1 is 0.947 bits per heavy atom. The number of hydrogen-bond donors (Lipinski definition) is 3. The summed E-state index contributed by atoms with van der Waals surface area (Å²) in [6.45, 7) is 1.16. The Labute approximate surface area is 217 Å². The summed E-state index contributed by atoms with van der Waals surface area (Å²) in [5.74, 6) is 0.610. The summed E-state index contributed by atoms with van der Waals surface area (Å²) in [4.78, 5) is 18.9. The van der Waals surface area contributed by atoms with Crippen molar-refractivity contribution in [2.75, 3.05) is 33.0 Å². The summed E-state index contributed by atoms with van der Waals surface area (Å²) >= 11 is 0. The van der Waals surface area contributed by atoms with E-state index < -0.39 is 5.82 Å². The van der Waals surface area contributed by atoms with Gasteiger partial charge >= 0.3 is 0 Å². The second-order valence-electron chi connectivity index (χ2n) is 9.31. The van der Waals surface area contributed by atoms with Gasteiger partial charge in [-0.25, -0.2) is 9.37 Å². The van der Waals surface area contributed by atoms with Gasteiger partial charge in [-0.05, 0) is 56.1 Å². The van der Waals surface area contributed by atoms with Crippen LogP contribution in [0.1, 0.15) is 0 Å². The van der Waals surface area contributed by atoms with Crippen molar-refractivity contribution in [1.29, 1.82) is 0 Å². The molecule has 6 rings (SSSR count). The molecule has 0 aliphatic carbocycles. The summed E-state index contributed by atoms with van der Waals surface area (Å²) in [6, 6.07) is 14.3. The van der Waals surface area contributed by atoms with Gasteiger partial charge in [-0.1, -0.05) is 6.07 Å². The van der Waals surface area contributed by atoms with Crippen LogP contribution < -0.4 is 10.5 Å². The molecule has 4 N–H and O–H groups in total. The van der Waals surface area contributed by atoms with E-state index in [1.54, 1.807) is 24.7 Å². The number of aromatic nitrogens is 6. The van der Waals surface area contributed by atoms with Crippen LogP contribution in [0.3, 0.4) is 0 Å². The zero-order chi connectivity index (χ0) is 26.2. The van der Waals surface area contributed by atoms with Crippen molar-refractivity contribution in [1.82, 2.24) is 35.0 Å². The minimum atomic E-state index is -0.404. The predicted molar refractivity (Wildman–Crippen MR) is 146 cm³/mol. The SMILES string of the molecule is CN(C)CCOc1cc(F)cc(-c2nccc3[nH]c(-c4n[nH]c5ccc(-c6cncc(N)c6)cc45)nc23)c1. The maximum absolute atomic E-state index is 14.5. The first-order valence-corrected chi connectivity index (χ1v) is 12.1. The van der Waals surface area contributed by atoms with Crippen molar-refractivity contribution < 1.29 is 9.13 Å². The van der Waals surface area contributed by atoms with Gasteiger partial charge < -0.3 is 20.4 Å². The molecule has 0 aliphatic rings. The number of nitrogens with two attached hydrogens (primary N) is 1. The molecule has 0 fully saturated rings. The Bertz CT molecular complexity index is 1770. The van der Waals surface area contributed by atoms with Gasteiger partial charge in [0.15, 0.2) is 5.82 Å². The fourth-order valence-electron chi connectivity index (χ4n) is 4.38. The molecule has 0 aliphatic heterocycles. The Kier molecular flexibility index (Phi) is 5.93. The van der Waals surface area contributed by atoms with Gasteiger partial charge in [-0.2, -0.15) is 5.10 Å². The maximum Gasteiger partial charge on any atom is 0.159 e. The smallest absolute Gasteiger partial charge is 0.159 e. The molecule has 0 radical (unpaired) electrons. The number of pyridine rings is 2. The van der Waals surface area contributed by atoms with Crippen LogP contribution in [0.2, 0.25) is 0 Å². The number of fused-ring (bicyclic) bond motifs is 2. The topological polar surface area (TPSA) is 122 Å². The fraction of sp³-hybridized carbons (Fsp3) is 0.143. The van der Waals surface area contributed by atoms with Crippen molar-refractivity contribution in [3.63, 3.8) is 0 Å². The molecule has 0 unspecified atom stereocenters. The molecule has 4 heterocycles. The largest absolute Gasteiger partial charge is 0.492 e. The van der Waals surface area contributed by atoms with Crippen molar-refractivity contribution in [2.45, 2.75) is 0 Å². The molecule has 38 heavy (non-hydrogen) atoms. The first kappa shape index (κ1) is 23.6. The lowest BCUT2D eigenvalue weighted by Gasteiger charge is -2.12. The van der Waals surface area contributed by atoms with Gasteiger partial charge in [0.25, 0.3) is 0 Å². The minimum Gasteiger partial charge on any atom is -0.492 e. The van der Waals surface area contributed by atoms with Crippen LogP contribution in [0.5, 0.6) is 5.75 Å². The summed E-state index contributed by atoms with van der Waals surface area (Å²) in [5.41, 5.74) is 12.4. The molecule has 9 nitrogen and oxygen atoms in total. The average molecular weight is 509 g/mol. The van der Waals surface area contributed by atoms with Gasteiger partial charge in [0.2, 0.25) is 0 Å². The van der Waals surface area contributed by atoms with E-state index in [1.807, 2.05) is 49.3 Å². The first-order valence-electron chi connectivity index (χ1n) is 12.1. The van der Waals surface area contributed by atoms with Crippen LogP contribution in [-0.2, 0) is 0 Å². The van der Waals surface area contributed by atoms with Gasteiger partial charge in [-0.3, -0.25) is 15.1 Å². The van der Waals surface area contributed by atoms with Crippen molar-refractivity contribution in [2.24, 2.45) is 0 Å². The van der Waals surface area contributed by atoms with E-state index in [4.69, 9.17) is 15.5 Å². The highest BCUT2D eigenvalue weighted by atomic mass is 19.1. The van der Waals surface area contributed by atoms with Gasteiger partial charge in [0.05, 0.1) is 22.4 Å². The van der Waals surface area contributed by atoms with E-state index in [-0.39, 0.29) is 0 Å². The van der Waals surface area contributed by atoms with Crippen molar-refractivity contribution in [3.8, 4) is 39.7 Å². The van der Waals surface area contributed by atoms with Crippen LogP contribution in [-0.4, -0.2) is 62.3 Å². The summed E-state index contributed by atoms with van der Waals surface area (Å²) in [6.07, 6.45) is 5.06. The third-order valence-electron chi connectivity index (χ3n) is 6.23. The van der Waals surface area contributed by atoms with Crippen LogP contribution in [0, 0.1) is 5.82 Å². The fourth-order valence-corrected chi connectivity index (χ4v) is 4.38. The number of benzene rings is 2. The number of likely N-dealkylation sites (N-methyl/N-ethyl adjacent to an activating group) is 1. The Hall–Kier alpha value is -4.83. The van der Waals surface area contributed by atoms with Gasteiger partial charge in [0, 0.05) is 47.7 Å². The molecule has 0 spiro atoms. The number of hydrogen-bond acceptors (Lipinski definition) is 7. The summed E-state index contributed by atoms with van der Waals surface area (Å²) in [5, 5.41) is 8.49. The second-order valence-corrected chi connectivity index (χ2v) is 9.31. The first-order chi connectivity index (χ1) is 18.4. The third-order valence-corrected chi connectivity index (χ3v) is 6.23. The molecule has 4 aromatic heterocycles. The highest BCUT2D eigenvalue weighted by Gasteiger charge is 2.17. The molecule has 0 atom stereocenters. The highest BCUT2D eigenvalue weighted by Crippen LogP contribution is 2.33. The molecule has 10 heteroatoms. The Morgan fingerprint density at radius 2 is 1.84 bits per heavy atom. The maximum atomic E-state index is 14.5. The zero-order valence-electron chi connectivity index (χ0n) is 20.9. The molecule has 0 saturated carbocycles. The number of anilines is 1. The number of rotatable bonds is 7. The monoisotopic (exact) mass is 508 g/mol. The number of ether oxygens (including phenoxy) is 1. The molecular formula is C28H25FN8O. The normalized spacial score (nSPS) is 11.6.